The number of aliphatic hydroxyl groups excluding tert-OH is 2. The van der Waals surface area contributed by atoms with Gasteiger partial charge in [-0.05, 0) is 31.2 Å². The van der Waals surface area contributed by atoms with Crippen molar-refractivity contribution in [1.29, 1.82) is 0 Å². The van der Waals surface area contributed by atoms with Gasteiger partial charge >= 0.3 is 10.2 Å². The number of nitrogens with zero attached hydrogens (tertiary/aromatic N) is 4. The van der Waals surface area contributed by atoms with Gasteiger partial charge in [0.25, 0.3) is 5.91 Å². The van der Waals surface area contributed by atoms with Crippen molar-refractivity contribution in [2.75, 3.05) is 11.9 Å². The predicted octanol–water partition coefficient (Wildman–Crippen LogP) is -0.303. The van der Waals surface area contributed by atoms with Gasteiger partial charge in [0, 0.05) is 17.8 Å². The highest BCUT2D eigenvalue weighted by atomic mass is 32.2. The van der Waals surface area contributed by atoms with Crippen LogP contribution < -0.4 is 14.8 Å². The average molecular weight is 514 g/mol. The Morgan fingerprint density at radius 1 is 1.28 bits per heavy atom. The Bertz CT molecular complexity index is 1450. The molecule has 14 heteroatoms. The number of hydrogen-bond donors (Lipinski definition) is 5. The molecule has 1 aliphatic heterocycles. The monoisotopic (exact) mass is 513 g/mol. The first kappa shape index (κ1) is 25.2. The van der Waals surface area contributed by atoms with Crippen molar-refractivity contribution in [3.63, 3.8) is 0 Å². The van der Waals surface area contributed by atoms with Crippen LogP contribution in [-0.4, -0.2) is 68.9 Å². The van der Waals surface area contributed by atoms with Gasteiger partial charge in [0.05, 0.1) is 6.33 Å². The Morgan fingerprint density at radius 2 is 2.08 bits per heavy atom. The maximum Gasteiger partial charge on any atom is 0.301 e. The van der Waals surface area contributed by atoms with E-state index < -0.39 is 47.2 Å². The third-order valence-corrected chi connectivity index (χ3v) is 6.31. The summed E-state index contributed by atoms with van der Waals surface area (Å²) in [5.41, 5.74) is 2.03. The highest BCUT2D eigenvalue weighted by Crippen LogP contribution is 2.32. The van der Waals surface area contributed by atoms with Crippen molar-refractivity contribution in [2.45, 2.75) is 31.5 Å². The van der Waals surface area contributed by atoms with Crippen LogP contribution in [0.1, 0.15) is 18.7 Å². The number of anilines is 2. The predicted molar refractivity (Wildman–Crippen MR) is 129 cm³/mol. The summed E-state index contributed by atoms with van der Waals surface area (Å²) in [5, 5.41) is 24.2. The number of terminal acetylenes is 1. The summed E-state index contributed by atoms with van der Waals surface area (Å²) in [4.78, 5) is 24.3. The zero-order valence-corrected chi connectivity index (χ0v) is 19.8. The maximum absolute atomic E-state index is 12.0. The molecule has 0 bridgehead atoms. The minimum absolute atomic E-state index is 0.303. The van der Waals surface area contributed by atoms with E-state index in [1.54, 1.807) is 35.9 Å². The molecule has 1 aromatic carbocycles. The molecule has 36 heavy (non-hydrogen) atoms. The number of rotatable bonds is 8. The molecule has 3 heterocycles. The van der Waals surface area contributed by atoms with E-state index in [2.05, 4.69) is 30.9 Å². The van der Waals surface area contributed by atoms with Gasteiger partial charge in [-0.3, -0.25) is 9.36 Å². The van der Waals surface area contributed by atoms with Gasteiger partial charge in [-0.2, -0.15) is 13.1 Å². The third kappa shape index (κ3) is 5.35. The number of fused-ring (bicyclic) bond motifs is 1. The van der Waals surface area contributed by atoms with Crippen LogP contribution in [0.25, 0.3) is 11.2 Å². The van der Waals surface area contributed by atoms with E-state index >= 15 is 0 Å². The smallest absolute Gasteiger partial charge is 0.301 e. The molecule has 1 fully saturated rings. The minimum atomic E-state index is -4.21. The van der Waals surface area contributed by atoms with Crippen LogP contribution in [0, 0.1) is 12.3 Å². The molecule has 1 amide bonds. The molecule has 2 aromatic heterocycles. The summed E-state index contributed by atoms with van der Waals surface area (Å²) in [6, 6.07) is 7.14. The molecule has 4 unspecified atom stereocenters. The maximum atomic E-state index is 12.0. The number of aliphatic hydroxyl groups is 2. The zero-order valence-electron chi connectivity index (χ0n) is 18.9. The van der Waals surface area contributed by atoms with Crippen molar-refractivity contribution in [2.24, 2.45) is 0 Å². The first-order valence-electron chi connectivity index (χ1n) is 10.7. The van der Waals surface area contributed by atoms with E-state index in [0.717, 1.165) is 6.08 Å². The zero-order chi connectivity index (χ0) is 25.9. The number of ether oxygens (including phenoxy) is 1. The molecule has 1 aliphatic rings. The number of benzene rings is 1. The van der Waals surface area contributed by atoms with Crippen LogP contribution in [0.15, 0.2) is 49.1 Å². The molecule has 3 aromatic rings. The fraction of sp³-hybridized carbons (Fsp3) is 0.273. The van der Waals surface area contributed by atoms with Crippen LogP contribution in [0.2, 0.25) is 0 Å². The molecule has 5 N–H and O–H groups in total. The number of aromatic nitrogens is 4. The highest BCUT2D eigenvalue weighted by molar-refractivity contribution is 7.88. The van der Waals surface area contributed by atoms with Crippen molar-refractivity contribution in [3.05, 3.63) is 54.6 Å². The number of nitrogens with one attached hydrogen (secondary N) is 3. The van der Waals surface area contributed by atoms with Gasteiger partial charge in [-0.15, -0.1) is 6.42 Å². The van der Waals surface area contributed by atoms with Gasteiger partial charge in [0.2, 0.25) is 0 Å². The highest BCUT2D eigenvalue weighted by Gasteiger charge is 2.44. The minimum Gasteiger partial charge on any atom is -0.387 e. The van der Waals surface area contributed by atoms with E-state index in [0.29, 0.717) is 28.2 Å². The van der Waals surface area contributed by atoms with Gasteiger partial charge in [0.1, 0.15) is 24.6 Å². The fourth-order valence-electron chi connectivity index (χ4n) is 3.63. The van der Waals surface area contributed by atoms with E-state index in [9.17, 15) is 23.4 Å². The topological polar surface area (TPSA) is 181 Å². The van der Waals surface area contributed by atoms with Crippen molar-refractivity contribution in [1.82, 2.24) is 29.0 Å². The second-order valence-corrected chi connectivity index (χ2v) is 9.26. The van der Waals surface area contributed by atoms with Crippen molar-refractivity contribution >= 4 is 38.8 Å². The Labute approximate surface area is 206 Å². The third-order valence-electron chi connectivity index (χ3n) is 5.29. The van der Waals surface area contributed by atoms with E-state index in [4.69, 9.17) is 11.2 Å². The molecular formula is C22H23N7O6S. The Hall–Kier alpha value is -3.87. The van der Waals surface area contributed by atoms with Gasteiger partial charge < -0.3 is 20.3 Å². The Morgan fingerprint density at radius 3 is 2.83 bits per heavy atom. The number of amides is 1. The lowest BCUT2D eigenvalue weighted by atomic mass is 10.1. The normalized spacial score (nSPS) is 22.1. The molecule has 0 spiro atoms. The second kappa shape index (κ2) is 10.4. The molecule has 0 aliphatic carbocycles. The molecule has 13 nitrogen and oxygen atoms in total. The second-order valence-electron chi connectivity index (χ2n) is 7.76. The SMILES string of the molecule is C#Cc1cccc(Nc2ncnc3c2ncn3C2OC(CNS(=O)(=O)NC(=O)/C=C/C)C(O)C2O)c1. The lowest BCUT2D eigenvalue weighted by Gasteiger charge is -2.16. The lowest BCUT2D eigenvalue weighted by Crippen LogP contribution is -2.45. The molecule has 188 valence electrons. The van der Waals surface area contributed by atoms with Crippen molar-refractivity contribution < 1.29 is 28.2 Å². The largest absolute Gasteiger partial charge is 0.387 e. The van der Waals surface area contributed by atoms with Crippen LogP contribution in [0.5, 0.6) is 0 Å². The van der Waals surface area contributed by atoms with Gasteiger partial charge in [-0.25, -0.2) is 19.7 Å². The molecule has 4 atom stereocenters. The Balaban J connectivity index is 1.51. The summed E-state index contributed by atoms with van der Waals surface area (Å²) in [5.74, 6) is 2.09. The first-order chi connectivity index (χ1) is 17.2. The number of carbonyl (C=O) groups is 1. The average Bonchev–Trinajstić information content (AvgIpc) is 3.39. The van der Waals surface area contributed by atoms with E-state index in [1.165, 1.54) is 23.3 Å². The summed E-state index contributed by atoms with van der Waals surface area (Å²) < 4.78 is 35.2. The molecular weight excluding hydrogens is 490 g/mol. The molecule has 4 rings (SSSR count). The van der Waals surface area contributed by atoms with E-state index in [-0.39, 0.29) is 0 Å². The van der Waals surface area contributed by atoms with Crippen LogP contribution >= 0.6 is 0 Å². The standard InChI is InChI=1S/C22H23N7O6S/c1-3-6-16(30)28-36(33,34)26-10-15-18(31)19(32)22(35-15)29-12-25-17-20(23-11-24-21(17)29)27-14-8-5-7-13(4-2)9-14/h2-3,5-9,11-12,15,18-19,22,26,31-32H,10H2,1H3,(H,28,30)(H,23,24,27)/b6-3+. The quantitative estimate of drug-likeness (QED) is 0.198. The molecule has 1 saturated heterocycles. The summed E-state index contributed by atoms with van der Waals surface area (Å²) in [6.07, 6.45) is 5.43. The van der Waals surface area contributed by atoms with Crippen LogP contribution in [0.4, 0.5) is 11.5 Å². The number of carbonyl (C=O) groups excluding carboxylic acids is 1. The van der Waals surface area contributed by atoms with Crippen LogP contribution in [-0.2, 0) is 19.7 Å². The van der Waals surface area contributed by atoms with Crippen molar-refractivity contribution in [3.8, 4) is 12.3 Å². The summed E-state index contributed by atoms with van der Waals surface area (Å²) in [6.45, 7) is 1.15. The fourth-order valence-corrected chi connectivity index (χ4v) is 4.42. The summed E-state index contributed by atoms with van der Waals surface area (Å²) >= 11 is 0. The molecule has 0 saturated carbocycles. The molecule has 0 radical (unpaired) electrons. The van der Waals surface area contributed by atoms with Gasteiger partial charge in [0.15, 0.2) is 23.2 Å². The van der Waals surface area contributed by atoms with Crippen LogP contribution in [0.3, 0.4) is 0 Å². The van der Waals surface area contributed by atoms with Gasteiger partial charge in [-0.1, -0.05) is 18.1 Å². The Kier molecular flexibility index (Phi) is 7.29. The first-order valence-corrected chi connectivity index (χ1v) is 12.2. The lowest BCUT2D eigenvalue weighted by molar-refractivity contribution is -0.114. The number of allylic oxidation sites excluding steroid dienone is 1. The summed E-state index contributed by atoms with van der Waals surface area (Å²) in [7, 11) is -4.21. The van der Waals surface area contributed by atoms with E-state index in [1.807, 2.05) is 0 Å². The number of imidazole rings is 1. The number of hydrogen-bond acceptors (Lipinski definition) is 10.